The van der Waals surface area contributed by atoms with Gasteiger partial charge in [-0.2, -0.15) is 0 Å². The second-order valence-electron chi connectivity index (χ2n) is 21.7. The third-order valence-corrected chi connectivity index (χ3v) is 15.2. The Morgan fingerprint density at radius 3 is 1.12 bits per heavy atom. The van der Waals surface area contributed by atoms with E-state index in [9.17, 15) is 19.5 Å². The van der Waals surface area contributed by atoms with Crippen LogP contribution in [0.3, 0.4) is 0 Å². The zero-order valence-electron chi connectivity index (χ0n) is 43.9. The molecule has 0 amide bonds. The maximum Gasteiger partial charge on any atom is 0.306 e. The van der Waals surface area contributed by atoms with Gasteiger partial charge in [-0.15, -0.1) is 0 Å². The lowest BCUT2D eigenvalue weighted by atomic mass is 10.0. The molecule has 5 rings (SSSR count). The van der Waals surface area contributed by atoms with Crippen molar-refractivity contribution in [3.8, 4) is 0 Å². The summed E-state index contributed by atoms with van der Waals surface area (Å²) >= 11 is 0. The fourth-order valence-corrected chi connectivity index (χ4v) is 10.3. The minimum atomic E-state index is -0.832. The lowest BCUT2D eigenvalue weighted by Crippen LogP contribution is -2.30. The van der Waals surface area contributed by atoms with Crippen LogP contribution in [-0.4, -0.2) is 109 Å². The minimum absolute atomic E-state index is 0.124. The molecule has 0 aromatic carbocycles. The van der Waals surface area contributed by atoms with Gasteiger partial charge in [-0.05, 0) is 70.6 Å². The summed E-state index contributed by atoms with van der Waals surface area (Å²) in [7, 11) is 0. The van der Waals surface area contributed by atoms with Crippen molar-refractivity contribution >= 4 is 17.9 Å². The number of rotatable bonds is 48. The quantitative estimate of drug-likeness (QED) is 0.0266. The molecule has 0 aliphatic carbocycles. The first-order valence-electron chi connectivity index (χ1n) is 29.2. The van der Waals surface area contributed by atoms with Crippen LogP contribution in [-0.2, 0) is 52.3 Å². The number of unbranched alkanes of at least 4 members (excludes halogenated alkanes) is 18. The van der Waals surface area contributed by atoms with E-state index in [0.29, 0.717) is 73.9 Å². The first kappa shape index (κ1) is 58.1. The molecule has 0 radical (unpaired) electrons. The van der Waals surface area contributed by atoms with Crippen molar-refractivity contribution in [2.75, 3.05) is 13.2 Å². The van der Waals surface area contributed by atoms with Crippen LogP contribution in [0.2, 0.25) is 0 Å². The number of epoxide rings is 5. The topological polar surface area (TPSA) is 162 Å². The second kappa shape index (κ2) is 34.6. The Balaban J connectivity index is 0.870. The van der Waals surface area contributed by atoms with E-state index in [1.807, 2.05) is 0 Å². The van der Waals surface area contributed by atoms with E-state index < -0.39 is 6.10 Å². The molecule has 0 aromatic heterocycles. The van der Waals surface area contributed by atoms with E-state index in [0.717, 1.165) is 141 Å². The molecule has 5 fully saturated rings. The smallest absolute Gasteiger partial charge is 0.306 e. The molecule has 5 aliphatic heterocycles. The van der Waals surface area contributed by atoms with Crippen LogP contribution in [0.4, 0.5) is 0 Å². The summed E-state index contributed by atoms with van der Waals surface area (Å²) in [5.41, 5.74) is 0. The Hall–Kier alpha value is -1.83. The van der Waals surface area contributed by atoms with Gasteiger partial charge in [-0.3, -0.25) is 14.4 Å². The fraction of sp³-hybridized carbons (Fsp3) is 0.947. The maximum absolute atomic E-state index is 12.9. The first-order valence-corrected chi connectivity index (χ1v) is 29.2. The Labute approximate surface area is 418 Å². The molecular formula is C57H100O12. The predicted octanol–water partition coefficient (Wildman–Crippen LogP) is 12.7. The van der Waals surface area contributed by atoms with E-state index in [1.165, 1.54) is 70.6 Å². The molecule has 12 nitrogen and oxygen atoms in total. The van der Waals surface area contributed by atoms with Crippen LogP contribution in [0.1, 0.15) is 258 Å². The van der Waals surface area contributed by atoms with Gasteiger partial charge in [0.2, 0.25) is 0 Å². The van der Waals surface area contributed by atoms with Gasteiger partial charge < -0.3 is 43.0 Å². The molecule has 0 bridgehead atoms. The molecule has 5 heterocycles. The second-order valence-corrected chi connectivity index (χ2v) is 21.7. The Bertz CT molecular complexity index is 1350. The standard InChI is InChI=1S/C57H100O12/c1-4-7-19-29-45-50(65-45)38-37-43(58)28-22-13-10-16-25-34-55(59)62-41-44(64-57(61)36-27-18-12-15-24-33-49-54(69-49)40-52-47(67-52)31-21-9-6-3)42-63-56(60)35-26-17-11-14-23-32-48-53(68-48)39-51-46(66-51)30-20-8-5-2/h43-54,58H,4-42H2,1-3H3. The van der Waals surface area contributed by atoms with Crippen LogP contribution in [0.5, 0.6) is 0 Å². The predicted molar refractivity (Wildman–Crippen MR) is 269 cm³/mol. The maximum atomic E-state index is 12.9. The van der Waals surface area contributed by atoms with E-state index >= 15 is 0 Å². The summed E-state index contributed by atoms with van der Waals surface area (Å²) in [6.45, 7) is 6.44. The molecule has 12 heteroatoms. The minimum Gasteiger partial charge on any atom is -0.462 e. The van der Waals surface area contributed by atoms with Crippen LogP contribution < -0.4 is 0 Å². The monoisotopic (exact) mass is 977 g/mol. The highest BCUT2D eigenvalue weighted by Gasteiger charge is 2.48. The van der Waals surface area contributed by atoms with Crippen molar-refractivity contribution in [3.63, 3.8) is 0 Å². The molecule has 5 aliphatic rings. The van der Waals surface area contributed by atoms with Gasteiger partial charge in [0.15, 0.2) is 6.10 Å². The normalized spacial score (nSPS) is 27.1. The summed E-state index contributed by atoms with van der Waals surface area (Å²) in [5.74, 6) is -1.02. The van der Waals surface area contributed by atoms with Crippen LogP contribution in [0, 0.1) is 0 Å². The third-order valence-electron chi connectivity index (χ3n) is 15.2. The lowest BCUT2D eigenvalue weighted by Gasteiger charge is -2.18. The number of ether oxygens (including phenoxy) is 8. The first-order chi connectivity index (χ1) is 33.8. The van der Waals surface area contributed by atoms with Crippen LogP contribution in [0.25, 0.3) is 0 Å². The molecule has 12 unspecified atom stereocenters. The number of hydrogen-bond donors (Lipinski definition) is 1. The number of carbonyl (C=O) groups is 3. The highest BCUT2D eigenvalue weighted by Crippen LogP contribution is 2.40. The van der Waals surface area contributed by atoms with Crippen molar-refractivity contribution in [2.24, 2.45) is 0 Å². The number of aliphatic hydroxyl groups is 1. The van der Waals surface area contributed by atoms with Gasteiger partial charge >= 0.3 is 17.9 Å². The van der Waals surface area contributed by atoms with Gasteiger partial charge in [0.1, 0.15) is 13.2 Å². The average Bonchev–Trinajstić information content (AvgIpc) is 4.06. The third kappa shape index (κ3) is 27.2. The number of hydrogen-bond acceptors (Lipinski definition) is 12. The van der Waals surface area contributed by atoms with E-state index in [1.54, 1.807) is 0 Å². The Morgan fingerprint density at radius 2 is 0.696 bits per heavy atom. The molecule has 0 spiro atoms. The lowest BCUT2D eigenvalue weighted by molar-refractivity contribution is -0.167. The van der Waals surface area contributed by atoms with Crippen molar-refractivity contribution in [1.82, 2.24) is 0 Å². The molecule has 5 saturated heterocycles. The Kier molecular flexibility index (Phi) is 29.1. The number of esters is 3. The van der Waals surface area contributed by atoms with E-state index in [-0.39, 0.29) is 50.1 Å². The fourth-order valence-electron chi connectivity index (χ4n) is 10.3. The Morgan fingerprint density at radius 1 is 0.377 bits per heavy atom. The summed E-state index contributed by atoms with van der Waals surface area (Å²) in [6.07, 6.45) is 40.1. The summed E-state index contributed by atoms with van der Waals surface area (Å²) in [5, 5.41) is 10.4. The highest BCUT2D eigenvalue weighted by molar-refractivity contribution is 5.71. The average molecular weight is 977 g/mol. The molecular weight excluding hydrogens is 877 g/mol. The zero-order chi connectivity index (χ0) is 48.9. The molecule has 0 aromatic rings. The van der Waals surface area contributed by atoms with Crippen molar-refractivity contribution in [1.29, 1.82) is 0 Å². The summed E-state index contributed by atoms with van der Waals surface area (Å²) in [4.78, 5) is 38.4. The molecule has 0 saturated carbocycles. The van der Waals surface area contributed by atoms with Crippen molar-refractivity contribution in [2.45, 2.75) is 332 Å². The van der Waals surface area contributed by atoms with Crippen LogP contribution >= 0.6 is 0 Å². The molecule has 1 N–H and O–H groups in total. The SMILES string of the molecule is CCCCCC1OC1CCC(O)CCCCCCCC(=O)OCC(COC(=O)CCCCCCCC1OC1CC1OC1CCCCC)OC(=O)CCCCCCCC1OC1CC1OC1CCCCC. The van der Waals surface area contributed by atoms with Crippen molar-refractivity contribution < 1.29 is 57.4 Å². The van der Waals surface area contributed by atoms with Crippen molar-refractivity contribution in [3.05, 3.63) is 0 Å². The number of carbonyl (C=O) groups excluding carboxylic acids is 3. The van der Waals surface area contributed by atoms with Gasteiger partial charge in [0.25, 0.3) is 0 Å². The molecule has 400 valence electrons. The summed E-state index contributed by atoms with van der Waals surface area (Å²) < 4.78 is 46.2. The van der Waals surface area contributed by atoms with E-state index in [4.69, 9.17) is 37.9 Å². The summed E-state index contributed by atoms with van der Waals surface area (Å²) in [6, 6.07) is 0. The highest BCUT2D eigenvalue weighted by atomic mass is 16.6. The van der Waals surface area contributed by atoms with Crippen LogP contribution in [0.15, 0.2) is 0 Å². The number of aliphatic hydroxyl groups excluding tert-OH is 1. The van der Waals surface area contributed by atoms with Gasteiger partial charge in [0, 0.05) is 32.1 Å². The molecule has 69 heavy (non-hydrogen) atoms. The zero-order valence-corrected chi connectivity index (χ0v) is 43.9. The van der Waals surface area contributed by atoms with Gasteiger partial charge in [-0.1, -0.05) is 156 Å². The largest absolute Gasteiger partial charge is 0.462 e. The van der Waals surface area contributed by atoms with Gasteiger partial charge in [-0.25, -0.2) is 0 Å². The molecule has 12 atom stereocenters. The van der Waals surface area contributed by atoms with Gasteiger partial charge in [0.05, 0.1) is 67.1 Å². The van der Waals surface area contributed by atoms with E-state index in [2.05, 4.69) is 20.8 Å².